The maximum absolute atomic E-state index is 11.4. The fraction of sp³-hybridized carbons (Fsp3) is 0.889. The van der Waals surface area contributed by atoms with E-state index in [0.717, 1.165) is 17.1 Å². The van der Waals surface area contributed by atoms with E-state index in [2.05, 4.69) is 4.72 Å². The van der Waals surface area contributed by atoms with Gasteiger partial charge in [-0.15, -0.1) is 0 Å². The molecule has 0 aromatic heterocycles. The van der Waals surface area contributed by atoms with Crippen LogP contribution in [-0.4, -0.2) is 56.8 Å². The molecule has 0 spiro atoms. The fourth-order valence-corrected chi connectivity index (χ4v) is 2.01. The maximum atomic E-state index is 11.4. The van der Waals surface area contributed by atoms with E-state index >= 15 is 0 Å². The van der Waals surface area contributed by atoms with Crippen LogP contribution in [0.1, 0.15) is 19.8 Å². The first-order valence-corrected chi connectivity index (χ1v) is 6.73. The summed E-state index contributed by atoms with van der Waals surface area (Å²) in [4.78, 5) is 13.0. The quantitative estimate of drug-likeness (QED) is 0.683. The Bertz CT molecular complexity index is 349. The predicted molar refractivity (Wildman–Crippen MR) is 61.0 cm³/mol. The van der Waals surface area contributed by atoms with E-state index in [4.69, 9.17) is 0 Å². The van der Waals surface area contributed by atoms with Gasteiger partial charge < -0.3 is 4.90 Å². The molecule has 0 heterocycles. The highest BCUT2D eigenvalue weighted by Gasteiger charge is 2.30. The van der Waals surface area contributed by atoms with E-state index < -0.39 is 10.2 Å². The molecule has 0 atom stereocenters. The first-order valence-electron chi connectivity index (χ1n) is 5.29. The Morgan fingerprint density at radius 2 is 1.94 bits per heavy atom. The summed E-state index contributed by atoms with van der Waals surface area (Å²) >= 11 is 0. The lowest BCUT2D eigenvalue weighted by Crippen LogP contribution is -2.42. The second-order valence-electron chi connectivity index (χ2n) is 4.13. The molecular formula is C9H19N3O3S. The van der Waals surface area contributed by atoms with E-state index in [1.807, 2.05) is 0 Å². The topological polar surface area (TPSA) is 69.7 Å². The van der Waals surface area contributed by atoms with E-state index in [9.17, 15) is 13.2 Å². The van der Waals surface area contributed by atoms with Crippen molar-refractivity contribution >= 4 is 16.1 Å². The van der Waals surface area contributed by atoms with Gasteiger partial charge in [-0.1, -0.05) is 0 Å². The van der Waals surface area contributed by atoms with Gasteiger partial charge in [0.2, 0.25) is 5.91 Å². The molecule has 1 amide bonds. The van der Waals surface area contributed by atoms with E-state index in [-0.39, 0.29) is 12.5 Å². The molecule has 0 bridgehead atoms. The van der Waals surface area contributed by atoms with Crippen molar-refractivity contribution in [3.8, 4) is 0 Å². The molecule has 0 aromatic carbocycles. The third kappa shape index (κ3) is 3.73. The van der Waals surface area contributed by atoms with Gasteiger partial charge >= 0.3 is 0 Å². The predicted octanol–water partition coefficient (Wildman–Crippen LogP) is -0.607. The molecule has 1 aliphatic rings. The van der Waals surface area contributed by atoms with Crippen LogP contribution >= 0.6 is 0 Å². The van der Waals surface area contributed by atoms with Crippen LogP contribution in [0.3, 0.4) is 0 Å². The van der Waals surface area contributed by atoms with Gasteiger partial charge in [0, 0.05) is 40.2 Å². The Hall–Kier alpha value is -0.660. The van der Waals surface area contributed by atoms with Crippen LogP contribution in [-0.2, 0) is 15.0 Å². The standard InChI is InChI=1S/C9H19N3O3S/c1-8(13)12(9-4-5-9)7-6-10-16(14,15)11(2)3/h9-10H,4-7H2,1-3H3. The molecule has 0 aliphatic heterocycles. The van der Waals surface area contributed by atoms with Crippen LogP contribution in [0.4, 0.5) is 0 Å². The van der Waals surface area contributed by atoms with Gasteiger partial charge in [0.15, 0.2) is 0 Å². The van der Waals surface area contributed by atoms with E-state index in [0.29, 0.717) is 12.6 Å². The molecule has 1 fully saturated rings. The van der Waals surface area contributed by atoms with Gasteiger partial charge in [-0.2, -0.15) is 12.7 Å². The Morgan fingerprint density at radius 3 is 2.31 bits per heavy atom. The lowest BCUT2D eigenvalue weighted by Gasteiger charge is -2.21. The van der Waals surface area contributed by atoms with Crippen molar-refractivity contribution in [2.45, 2.75) is 25.8 Å². The van der Waals surface area contributed by atoms with E-state index in [1.165, 1.54) is 21.0 Å². The van der Waals surface area contributed by atoms with Gasteiger partial charge in [-0.25, -0.2) is 4.72 Å². The summed E-state index contributed by atoms with van der Waals surface area (Å²) < 4.78 is 26.3. The number of nitrogens with zero attached hydrogens (tertiary/aromatic N) is 2. The molecule has 1 saturated carbocycles. The lowest BCUT2D eigenvalue weighted by molar-refractivity contribution is -0.129. The number of amides is 1. The van der Waals surface area contributed by atoms with Gasteiger partial charge in [-0.05, 0) is 12.8 Å². The van der Waals surface area contributed by atoms with Crippen LogP contribution in [0.25, 0.3) is 0 Å². The minimum absolute atomic E-state index is 0.00607. The van der Waals surface area contributed by atoms with Gasteiger partial charge in [0.05, 0.1) is 0 Å². The highest BCUT2D eigenvalue weighted by atomic mass is 32.2. The fourth-order valence-electron chi connectivity index (χ4n) is 1.41. The maximum Gasteiger partial charge on any atom is 0.278 e. The van der Waals surface area contributed by atoms with Gasteiger partial charge in [-0.3, -0.25) is 4.79 Å². The van der Waals surface area contributed by atoms with E-state index in [1.54, 1.807) is 4.90 Å². The van der Waals surface area contributed by atoms with Crippen LogP contribution < -0.4 is 4.72 Å². The average Bonchev–Trinajstić information content (AvgIpc) is 2.94. The smallest absolute Gasteiger partial charge is 0.278 e. The summed E-state index contributed by atoms with van der Waals surface area (Å²) in [5, 5.41) is 0. The summed E-state index contributed by atoms with van der Waals surface area (Å²) in [6.07, 6.45) is 2.06. The Kier molecular flexibility index (Phi) is 4.28. The van der Waals surface area contributed by atoms with Gasteiger partial charge in [0.1, 0.15) is 0 Å². The number of hydrogen-bond acceptors (Lipinski definition) is 3. The van der Waals surface area contributed by atoms with Crippen LogP contribution in [0.5, 0.6) is 0 Å². The van der Waals surface area contributed by atoms with Crippen molar-refractivity contribution in [2.24, 2.45) is 0 Å². The van der Waals surface area contributed by atoms with Crippen molar-refractivity contribution in [2.75, 3.05) is 27.2 Å². The molecule has 16 heavy (non-hydrogen) atoms. The molecule has 94 valence electrons. The number of nitrogens with one attached hydrogen (secondary N) is 1. The second kappa shape index (κ2) is 5.11. The van der Waals surface area contributed by atoms with Crippen LogP contribution in [0, 0.1) is 0 Å². The molecule has 0 aromatic rings. The molecule has 0 saturated heterocycles. The Labute approximate surface area is 96.8 Å². The summed E-state index contributed by atoms with van der Waals surface area (Å²) in [6, 6.07) is 0.321. The summed E-state index contributed by atoms with van der Waals surface area (Å²) in [5.74, 6) is 0.00607. The third-order valence-electron chi connectivity index (χ3n) is 2.51. The third-order valence-corrected chi connectivity index (χ3v) is 4.04. The zero-order chi connectivity index (χ0) is 12.3. The number of rotatable bonds is 6. The molecule has 1 aliphatic carbocycles. The van der Waals surface area contributed by atoms with Crippen molar-refractivity contribution in [3.05, 3.63) is 0 Å². The van der Waals surface area contributed by atoms with Gasteiger partial charge in [0.25, 0.3) is 10.2 Å². The summed E-state index contributed by atoms with van der Waals surface area (Å²) in [6.45, 7) is 2.21. The van der Waals surface area contributed by atoms with Crippen LogP contribution in [0.15, 0.2) is 0 Å². The monoisotopic (exact) mass is 249 g/mol. The average molecular weight is 249 g/mol. The molecule has 1 rings (SSSR count). The van der Waals surface area contributed by atoms with Crippen LogP contribution in [0.2, 0.25) is 0 Å². The second-order valence-corrected chi connectivity index (χ2v) is 6.09. The van der Waals surface area contributed by atoms with Crippen molar-refractivity contribution in [3.63, 3.8) is 0 Å². The van der Waals surface area contributed by atoms with Crippen molar-refractivity contribution in [1.29, 1.82) is 0 Å². The lowest BCUT2D eigenvalue weighted by atomic mass is 10.4. The molecule has 0 unspecified atom stereocenters. The summed E-state index contributed by atoms with van der Waals surface area (Å²) in [7, 11) is -0.451. The molecule has 6 nitrogen and oxygen atoms in total. The first kappa shape index (κ1) is 13.4. The largest absolute Gasteiger partial charge is 0.339 e. The summed E-state index contributed by atoms with van der Waals surface area (Å²) in [5.41, 5.74) is 0. The Morgan fingerprint density at radius 1 is 1.38 bits per heavy atom. The number of carbonyl (C=O) groups excluding carboxylic acids is 1. The highest BCUT2D eigenvalue weighted by molar-refractivity contribution is 7.87. The van der Waals surface area contributed by atoms with Crippen molar-refractivity contribution < 1.29 is 13.2 Å². The minimum atomic E-state index is -3.38. The normalized spacial score (nSPS) is 16.5. The minimum Gasteiger partial charge on any atom is -0.339 e. The molecule has 7 heteroatoms. The molecule has 0 radical (unpaired) electrons. The van der Waals surface area contributed by atoms with Crippen molar-refractivity contribution in [1.82, 2.24) is 13.9 Å². The molecular weight excluding hydrogens is 230 g/mol. The number of hydrogen-bond donors (Lipinski definition) is 1. The number of carbonyl (C=O) groups is 1. The zero-order valence-electron chi connectivity index (χ0n) is 9.93. The zero-order valence-corrected chi connectivity index (χ0v) is 10.7. The highest BCUT2D eigenvalue weighted by Crippen LogP contribution is 2.26. The SMILES string of the molecule is CC(=O)N(CCNS(=O)(=O)N(C)C)C1CC1. The first-order chi connectivity index (χ1) is 7.34. The molecule has 1 N–H and O–H groups in total. The Balaban J connectivity index is 2.36.